The Bertz CT molecular complexity index is 573. The molecule has 1 aromatic carbocycles. The number of hydrogen-bond donors (Lipinski definition) is 3. The SMILES string of the molecule is C[NH+](CC(=O)NC(=O)Nc1ccccc1)CC(=O)N1CCOCC1. The van der Waals surface area contributed by atoms with Gasteiger partial charge in [0.05, 0.1) is 20.3 Å². The number of hydrogen-bond acceptors (Lipinski definition) is 4. The third kappa shape index (κ3) is 5.98. The van der Waals surface area contributed by atoms with Gasteiger partial charge in [-0.25, -0.2) is 4.79 Å². The number of ether oxygens (including phenoxy) is 1. The van der Waals surface area contributed by atoms with Gasteiger partial charge in [0, 0.05) is 18.8 Å². The van der Waals surface area contributed by atoms with Crippen LogP contribution in [0.2, 0.25) is 0 Å². The second kappa shape index (κ2) is 8.99. The second-order valence-electron chi connectivity index (χ2n) is 5.67. The van der Waals surface area contributed by atoms with Gasteiger partial charge >= 0.3 is 6.03 Å². The average Bonchev–Trinajstić information content (AvgIpc) is 2.56. The van der Waals surface area contributed by atoms with Gasteiger partial charge in [-0.05, 0) is 12.1 Å². The smallest absolute Gasteiger partial charge is 0.326 e. The maximum absolute atomic E-state index is 12.1. The number of morpholine rings is 1. The standard InChI is InChI=1S/C16H22N4O4/c1-19(12-15(22)20-7-9-24-10-8-20)11-14(21)18-16(23)17-13-5-3-2-4-6-13/h2-6H,7-12H2,1H3,(H2,17,18,21,23)/p+1. The lowest BCUT2D eigenvalue weighted by atomic mass is 10.3. The molecule has 4 amide bonds. The van der Waals surface area contributed by atoms with Gasteiger partial charge in [0.25, 0.3) is 11.8 Å². The molecule has 0 aromatic heterocycles. The number of imide groups is 1. The molecule has 1 aliphatic heterocycles. The summed E-state index contributed by atoms with van der Waals surface area (Å²) in [5.74, 6) is -0.451. The minimum absolute atomic E-state index is 0.0164. The van der Waals surface area contributed by atoms with Crippen LogP contribution in [0.5, 0.6) is 0 Å². The van der Waals surface area contributed by atoms with Crippen molar-refractivity contribution >= 4 is 23.5 Å². The summed E-state index contributed by atoms with van der Waals surface area (Å²) in [6, 6.07) is 8.26. The van der Waals surface area contributed by atoms with Crippen molar-refractivity contribution in [3.63, 3.8) is 0 Å². The van der Waals surface area contributed by atoms with Crippen LogP contribution in [-0.4, -0.2) is 69.2 Å². The van der Waals surface area contributed by atoms with E-state index in [1.165, 1.54) is 0 Å². The number of carbonyl (C=O) groups is 3. The second-order valence-corrected chi connectivity index (χ2v) is 5.67. The van der Waals surface area contributed by atoms with Gasteiger partial charge in [0.2, 0.25) is 0 Å². The van der Waals surface area contributed by atoms with Crippen molar-refractivity contribution in [2.45, 2.75) is 0 Å². The van der Waals surface area contributed by atoms with Gasteiger partial charge in [-0.3, -0.25) is 14.9 Å². The van der Waals surface area contributed by atoms with E-state index in [1.54, 1.807) is 36.2 Å². The molecule has 1 fully saturated rings. The molecular formula is C16H23N4O4+. The first-order valence-corrected chi connectivity index (χ1v) is 7.87. The highest BCUT2D eigenvalue weighted by Crippen LogP contribution is 2.03. The Morgan fingerprint density at radius 3 is 2.46 bits per heavy atom. The maximum atomic E-state index is 12.1. The average molecular weight is 335 g/mol. The normalized spacial score (nSPS) is 15.5. The van der Waals surface area contributed by atoms with Crippen molar-refractivity contribution in [3.05, 3.63) is 30.3 Å². The van der Waals surface area contributed by atoms with E-state index in [9.17, 15) is 14.4 Å². The molecule has 1 aliphatic rings. The van der Waals surface area contributed by atoms with Gasteiger partial charge in [-0.15, -0.1) is 0 Å². The van der Waals surface area contributed by atoms with Crippen LogP contribution < -0.4 is 15.5 Å². The first-order chi connectivity index (χ1) is 11.5. The molecule has 8 nitrogen and oxygen atoms in total. The minimum atomic E-state index is -0.585. The van der Waals surface area contributed by atoms with E-state index in [0.29, 0.717) is 32.0 Å². The Hall–Kier alpha value is -2.45. The molecule has 1 saturated heterocycles. The lowest BCUT2D eigenvalue weighted by Gasteiger charge is -2.27. The number of amides is 4. The highest BCUT2D eigenvalue weighted by molar-refractivity contribution is 6.01. The Balaban J connectivity index is 1.70. The van der Waals surface area contributed by atoms with Gasteiger partial charge in [-0.1, -0.05) is 18.2 Å². The molecule has 3 N–H and O–H groups in total. The lowest BCUT2D eigenvalue weighted by Crippen LogP contribution is -3.11. The number of anilines is 1. The van der Waals surface area contributed by atoms with Crippen molar-refractivity contribution in [1.29, 1.82) is 0 Å². The molecule has 8 heteroatoms. The predicted octanol–water partition coefficient (Wildman–Crippen LogP) is -1.29. The Labute approximate surface area is 140 Å². The summed E-state index contributed by atoms with van der Waals surface area (Å²) in [5, 5.41) is 4.83. The summed E-state index contributed by atoms with van der Waals surface area (Å²) in [5.41, 5.74) is 0.603. The Morgan fingerprint density at radius 2 is 1.79 bits per heavy atom. The van der Waals surface area contributed by atoms with Crippen LogP contribution >= 0.6 is 0 Å². The number of nitrogens with zero attached hydrogens (tertiary/aromatic N) is 1. The zero-order valence-corrected chi connectivity index (χ0v) is 13.7. The van der Waals surface area contributed by atoms with E-state index >= 15 is 0 Å². The highest BCUT2D eigenvalue weighted by Gasteiger charge is 2.22. The third-order valence-electron chi connectivity index (χ3n) is 3.56. The van der Waals surface area contributed by atoms with Crippen LogP contribution in [0.4, 0.5) is 10.5 Å². The topological polar surface area (TPSA) is 92.2 Å². The van der Waals surface area contributed by atoms with Crippen LogP contribution in [0.25, 0.3) is 0 Å². The molecule has 1 heterocycles. The number of carbonyl (C=O) groups excluding carboxylic acids is 3. The number of nitrogens with one attached hydrogen (secondary N) is 3. The number of rotatable bonds is 5. The molecule has 0 spiro atoms. The lowest BCUT2D eigenvalue weighted by molar-refractivity contribution is -0.862. The highest BCUT2D eigenvalue weighted by atomic mass is 16.5. The summed E-state index contributed by atoms with van der Waals surface area (Å²) in [6.07, 6.45) is 0. The zero-order chi connectivity index (χ0) is 17.4. The van der Waals surface area contributed by atoms with Crippen LogP contribution in [0.1, 0.15) is 0 Å². The van der Waals surface area contributed by atoms with Crippen molar-refractivity contribution in [3.8, 4) is 0 Å². The fraction of sp³-hybridized carbons (Fsp3) is 0.438. The predicted molar refractivity (Wildman–Crippen MR) is 87.6 cm³/mol. The van der Waals surface area contributed by atoms with Crippen LogP contribution in [0.15, 0.2) is 30.3 Å². The Morgan fingerprint density at radius 1 is 1.12 bits per heavy atom. The summed E-state index contributed by atoms with van der Waals surface area (Å²) in [6.45, 7) is 2.50. The molecule has 130 valence electrons. The molecule has 0 aliphatic carbocycles. The van der Waals surface area contributed by atoms with Gasteiger partial charge in [0.1, 0.15) is 0 Å². The molecule has 1 aromatic rings. The molecule has 0 radical (unpaired) electrons. The van der Waals surface area contributed by atoms with E-state index < -0.39 is 11.9 Å². The number of likely N-dealkylation sites (N-methyl/N-ethyl adjacent to an activating group) is 1. The third-order valence-corrected chi connectivity index (χ3v) is 3.56. The number of benzene rings is 1. The maximum Gasteiger partial charge on any atom is 0.326 e. The largest absolute Gasteiger partial charge is 0.378 e. The number of quaternary nitrogens is 1. The van der Waals surface area contributed by atoms with Crippen molar-refractivity contribution in [1.82, 2.24) is 10.2 Å². The quantitative estimate of drug-likeness (QED) is 0.624. The minimum Gasteiger partial charge on any atom is -0.378 e. The molecule has 1 atom stereocenters. The monoisotopic (exact) mass is 335 g/mol. The molecule has 24 heavy (non-hydrogen) atoms. The van der Waals surface area contributed by atoms with Crippen molar-refractivity contribution in [2.75, 3.05) is 51.8 Å². The molecule has 0 bridgehead atoms. The van der Waals surface area contributed by atoms with E-state index in [4.69, 9.17) is 4.74 Å². The summed E-state index contributed by atoms with van der Waals surface area (Å²) >= 11 is 0. The Kier molecular flexibility index (Phi) is 6.71. The van der Waals surface area contributed by atoms with Gasteiger partial charge in [-0.2, -0.15) is 0 Å². The first-order valence-electron chi connectivity index (χ1n) is 7.87. The van der Waals surface area contributed by atoms with Crippen LogP contribution in [0, 0.1) is 0 Å². The van der Waals surface area contributed by atoms with E-state index in [2.05, 4.69) is 10.6 Å². The number of para-hydroxylation sites is 1. The molecular weight excluding hydrogens is 312 g/mol. The van der Waals surface area contributed by atoms with Crippen LogP contribution in [0.3, 0.4) is 0 Å². The van der Waals surface area contributed by atoms with Crippen molar-refractivity contribution in [2.24, 2.45) is 0 Å². The van der Waals surface area contributed by atoms with Crippen molar-refractivity contribution < 1.29 is 24.0 Å². The summed E-state index contributed by atoms with van der Waals surface area (Å²) in [7, 11) is 1.74. The van der Waals surface area contributed by atoms with Crippen LogP contribution in [-0.2, 0) is 14.3 Å². The zero-order valence-electron chi connectivity index (χ0n) is 13.7. The van der Waals surface area contributed by atoms with E-state index in [0.717, 1.165) is 4.90 Å². The van der Waals surface area contributed by atoms with E-state index in [1.807, 2.05) is 6.07 Å². The van der Waals surface area contributed by atoms with E-state index in [-0.39, 0.29) is 19.0 Å². The van der Waals surface area contributed by atoms with Gasteiger partial charge < -0.3 is 19.9 Å². The fourth-order valence-corrected chi connectivity index (χ4v) is 2.37. The number of urea groups is 1. The molecule has 1 unspecified atom stereocenters. The summed E-state index contributed by atoms with van der Waals surface area (Å²) in [4.78, 5) is 38.1. The molecule has 2 rings (SSSR count). The van der Waals surface area contributed by atoms with Gasteiger partial charge in [0.15, 0.2) is 13.1 Å². The molecule has 0 saturated carbocycles. The fourth-order valence-electron chi connectivity index (χ4n) is 2.37. The summed E-state index contributed by atoms with van der Waals surface area (Å²) < 4.78 is 5.20. The first kappa shape index (κ1) is 17.9.